The summed E-state index contributed by atoms with van der Waals surface area (Å²) in [5, 5.41) is 19.2. The Morgan fingerprint density at radius 1 is 1.22 bits per heavy atom. The van der Waals surface area contributed by atoms with Gasteiger partial charge in [0, 0.05) is 17.2 Å². The van der Waals surface area contributed by atoms with Crippen molar-refractivity contribution in [3.05, 3.63) is 59.9 Å². The maximum Gasteiger partial charge on any atom is 0.319 e. The van der Waals surface area contributed by atoms with Crippen molar-refractivity contribution in [2.45, 2.75) is 31.7 Å². The lowest BCUT2D eigenvalue weighted by molar-refractivity contribution is 0.249. The third kappa shape index (κ3) is 4.08. The van der Waals surface area contributed by atoms with E-state index in [1.54, 1.807) is 30.3 Å². The van der Waals surface area contributed by atoms with Gasteiger partial charge in [-0.3, -0.25) is 0 Å². The molecule has 0 unspecified atom stereocenters. The zero-order chi connectivity index (χ0) is 18.8. The van der Waals surface area contributed by atoms with Crippen LogP contribution in [0.2, 0.25) is 0 Å². The van der Waals surface area contributed by atoms with Crippen molar-refractivity contribution in [2.24, 2.45) is 0 Å². The summed E-state index contributed by atoms with van der Waals surface area (Å²) < 4.78 is 5.33. The van der Waals surface area contributed by atoms with Crippen LogP contribution in [0.5, 0.6) is 5.75 Å². The van der Waals surface area contributed by atoms with Crippen LogP contribution < -0.4 is 10.6 Å². The summed E-state index contributed by atoms with van der Waals surface area (Å²) in [7, 11) is 0. The number of carbonyl (C=O) groups is 1. The number of urea groups is 1. The third-order valence-corrected chi connectivity index (χ3v) is 4.47. The van der Waals surface area contributed by atoms with Crippen molar-refractivity contribution in [1.29, 1.82) is 0 Å². The standard InChI is InChI=1S/C20H20N4O3/c1-12(14-4-3-7-17(25)11-14)21-20(26)22-16-6-2-5-15(10-16)19-23-18(24-27-19)13-8-9-13/h2-7,10-13,25H,8-9H2,1H3,(H2,21,22,26)/t12-/m0/s1. The molecule has 3 aromatic rings. The van der Waals surface area contributed by atoms with Crippen LogP contribution in [0.3, 0.4) is 0 Å². The number of hydrogen-bond acceptors (Lipinski definition) is 5. The molecule has 4 rings (SSSR count). The fraction of sp³-hybridized carbons (Fsp3) is 0.250. The Hall–Kier alpha value is -3.35. The van der Waals surface area contributed by atoms with Gasteiger partial charge in [0.15, 0.2) is 5.82 Å². The van der Waals surface area contributed by atoms with E-state index < -0.39 is 0 Å². The van der Waals surface area contributed by atoms with Gasteiger partial charge in [0.05, 0.1) is 6.04 Å². The maximum absolute atomic E-state index is 12.3. The number of benzene rings is 2. The van der Waals surface area contributed by atoms with Crippen molar-refractivity contribution in [2.75, 3.05) is 5.32 Å². The van der Waals surface area contributed by atoms with Crippen LogP contribution >= 0.6 is 0 Å². The summed E-state index contributed by atoms with van der Waals surface area (Å²) in [6.07, 6.45) is 2.22. The maximum atomic E-state index is 12.3. The minimum atomic E-state index is -0.341. The number of nitrogens with zero attached hydrogens (tertiary/aromatic N) is 2. The number of rotatable bonds is 5. The van der Waals surface area contributed by atoms with Gasteiger partial charge in [0.1, 0.15) is 5.75 Å². The number of phenols is 1. The first-order valence-corrected chi connectivity index (χ1v) is 8.89. The molecule has 1 aliphatic carbocycles. The van der Waals surface area contributed by atoms with Crippen molar-refractivity contribution in [3.8, 4) is 17.2 Å². The number of amides is 2. The average molecular weight is 364 g/mol. The van der Waals surface area contributed by atoms with Crippen molar-refractivity contribution >= 4 is 11.7 Å². The molecule has 7 nitrogen and oxygen atoms in total. The highest BCUT2D eigenvalue weighted by Crippen LogP contribution is 2.39. The molecule has 1 heterocycles. The Balaban J connectivity index is 1.42. The third-order valence-electron chi connectivity index (χ3n) is 4.47. The van der Waals surface area contributed by atoms with Crippen LogP contribution in [0.4, 0.5) is 10.5 Å². The summed E-state index contributed by atoms with van der Waals surface area (Å²) >= 11 is 0. The molecule has 27 heavy (non-hydrogen) atoms. The van der Waals surface area contributed by atoms with Gasteiger partial charge in [-0.2, -0.15) is 4.98 Å². The molecule has 1 atom stereocenters. The van der Waals surface area contributed by atoms with Crippen molar-refractivity contribution < 1.29 is 14.4 Å². The number of nitrogens with one attached hydrogen (secondary N) is 2. The lowest BCUT2D eigenvalue weighted by atomic mass is 10.1. The summed E-state index contributed by atoms with van der Waals surface area (Å²) in [4.78, 5) is 16.7. The largest absolute Gasteiger partial charge is 0.508 e. The van der Waals surface area contributed by atoms with Crippen molar-refractivity contribution in [1.82, 2.24) is 15.5 Å². The predicted molar refractivity (Wildman–Crippen MR) is 100 cm³/mol. The average Bonchev–Trinajstić information content (AvgIpc) is 3.38. The molecule has 1 aliphatic rings. The quantitative estimate of drug-likeness (QED) is 0.630. The van der Waals surface area contributed by atoms with E-state index in [1.165, 1.54) is 0 Å². The lowest BCUT2D eigenvalue weighted by Crippen LogP contribution is -2.31. The Bertz CT molecular complexity index is 965. The van der Waals surface area contributed by atoms with E-state index in [9.17, 15) is 9.90 Å². The van der Waals surface area contributed by atoms with E-state index in [0.717, 1.165) is 29.8 Å². The van der Waals surface area contributed by atoms with Gasteiger partial charge in [-0.15, -0.1) is 0 Å². The molecule has 0 aliphatic heterocycles. The first-order valence-electron chi connectivity index (χ1n) is 8.89. The second-order valence-electron chi connectivity index (χ2n) is 6.73. The normalized spacial score (nSPS) is 14.6. The number of anilines is 1. The molecule has 138 valence electrons. The van der Waals surface area contributed by atoms with Gasteiger partial charge in [-0.05, 0) is 55.7 Å². The lowest BCUT2D eigenvalue weighted by Gasteiger charge is -2.15. The number of phenolic OH excluding ortho intramolecular Hbond substituents is 1. The zero-order valence-electron chi connectivity index (χ0n) is 14.8. The van der Waals surface area contributed by atoms with E-state index in [0.29, 0.717) is 17.5 Å². The van der Waals surface area contributed by atoms with Crippen LogP contribution in [0.15, 0.2) is 53.1 Å². The van der Waals surface area contributed by atoms with Crippen LogP contribution in [0.1, 0.15) is 43.1 Å². The topological polar surface area (TPSA) is 100 Å². The SMILES string of the molecule is C[C@H](NC(=O)Nc1cccc(-c2nc(C3CC3)no2)c1)c1cccc(O)c1. The highest BCUT2D eigenvalue weighted by Gasteiger charge is 2.29. The fourth-order valence-corrected chi connectivity index (χ4v) is 2.83. The Morgan fingerprint density at radius 3 is 2.81 bits per heavy atom. The molecule has 0 spiro atoms. The molecule has 0 saturated heterocycles. The van der Waals surface area contributed by atoms with Gasteiger partial charge >= 0.3 is 6.03 Å². The highest BCUT2D eigenvalue weighted by atomic mass is 16.5. The van der Waals surface area contributed by atoms with Crippen LogP contribution in [0, 0.1) is 0 Å². The van der Waals surface area contributed by atoms with E-state index >= 15 is 0 Å². The Morgan fingerprint density at radius 2 is 2.04 bits per heavy atom. The van der Waals surface area contributed by atoms with Gasteiger partial charge in [-0.25, -0.2) is 4.79 Å². The zero-order valence-corrected chi connectivity index (χ0v) is 14.8. The first-order chi connectivity index (χ1) is 13.1. The van der Waals surface area contributed by atoms with E-state index in [-0.39, 0.29) is 17.8 Å². The molecule has 0 radical (unpaired) electrons. The van der Waals surface area contributed by atoms with Crippen LogP contribution in [-0.2, 0) is 0 Å². The fourth-order valence-electron chi connectivity index (χ4n) is 2.83. The van der Waals surface area contributed by atoms with Gasteiger partial charge in [0.2, 0.25) is 0 Å². The number of aromatic hydroxyl groups is 1. The minimum absolute atomic E-state index is 0.166. The summed E-state index contributed by atoms with van der Waals surface area (Å²) in [5.41, 5.74) is 2.20. The Labute approximate surface area is 156 Å². The molecular formula is C20H20N4O3. The second kappa shape index (κ2) is 7.11. The van der Waals surface area contributed by atoms with Crippen molar-refractivity contribution in [3.63, 3.8) is 0 Å². The van der Waals surface area contributed by atoms with Gasteiger partial charge in [-0.1, -0.05) is 23.4 Å². The summed E-state index contributed by atoms with van der Waals surface area (Å²) in [5.74, 6) is 1.79. The van der Waals surface area contributed by atoms with Crippen LogP contribution in [-0.4, -0.2) is 21.3 Å². The van der Waals surface area contributed by atoms with E-state index in [4.69, 9.17) is 4.52 Å². The van der Waals surface area contributed by atoms with E-state index in [1.807, 2.05) is 25.1 Å². The van der Waals surface area contributed by atoms with E-state index in [2.05, 4.69) is 20.8 Å². The number of hydrogen-bond donors (Lipinski definition) is 3. The smallest absolute Gasteiger partial charge is 0.319 e. The predicted octanol–water partition coefficient (Wildman–Crippen LogP) is 4.20. The number of aromatic nitrogens is 2. The molecule has 3 N–H and O–H groups in total. The molecule has 7 heteroatoms. The Kier molecular flexibility index (Phi) is 4.50. The summed E-state index contributed by atoms with van der Waals surface area (Å²) in [6.45, 7) is 1.85. The molecule has 1 saturated carbocycles. The van der Waals surface area contributed by atoms with Crippen LogP contribution in [0.25, 0.3) is 11.5 Å². The number of carbonyl (C=O) groups excluding carboxylic acids is 1. The molecule has 2 aromatic carbocycles. The molecule has 2 amide bonds. The van der Waals surface area contributed by atoms with Gasteiger partial charge < -0.3 is 20.3 Å². The molecule has 1 fully saturated rings. The second-order valence-corrected chi connectivity index (χ2v) is 6.73. The minimum Gasteiger partial charge on any atom is -0.508 e. The first kappa shape index (κ1) is 17.1. The molecule has 0 bridgehead atoms. The van der Waals surface area contributed by atoms with Gasteiger partial charge in [0.25, 0.3) is 5.89 Å². The summed E-state index contributed by atoms with van der Waals surface area (Å²) in [6, 6.07) is 13.5. The molecular weight excluding hydrogens is 344 g/mol. The highest BCUT2D eigenvalue weighted by molar-refractivity contribution is 5.90. The molecule has 1 aromatic heterocycles. The monoisotopic (exact) mass is 364 g/mol.